The second kappa shape index (κ2) is 11.5. The van der Waals surface area contributed by atoms with Gasteiger partial charge in [-0.3, -0.25) is 4.99 Å². The van der Waals surface area contributed by atoms with Crippen LogP contribution in [0.25, 0.3) is 0 Å². The van der Waals surface area contributed by atoms with E-state index in [1.807, 2.05) is 18.3 Å². The zero-order chi connectivity index (χ0) is 19.9. The van der Waals surface area contributed by atoms with Crippen LogP contribution in [0.1, 0.15) is 36.2 Å². The lowest BCUT2D eigenvalue weighted by atomic mass is 9.84. The van der Waals surface area contributed by atoms with E-state index in [1.165, 1.54) is 4.88 Å². The van der Waals surface area contributed by atoms with Crippen molar-refractivity contribution in [1.29, 1.82) is 0 Å². The third kappa shape index (κ3) is 6.51. The third-order valence-corrected chi connectivity index (χ3v) is 5.59. The first kappa shape index (κ1) is 24.5. The minimum atomic E-state index is -0.117. The quantitative estimate of drug-likeness (QED) is 0.315. The first-order chi connectivity index (χ1) is 12.9. The summed E-state index contributed by atoms with van der Waals surface area (Å²) in [5.74, 6) is 2.23. The second-order valence-corrected chi connectivity index (χ2v) is 8.01. The Morgan fingerprint density at radius 2 is 1.89 bits per heavy atom. The number of ether oxygens (including phenoxy) is 2. The average molecular weight is 518 g/mol. The van der Waals surface area contributed by atoms with Crippen LogP contribution in [0, 0.1) is 0 Å². The van der Waals surface area contributed by atoms with Crippen LogP contribution >= 0.6 is 35.3 Å². The topological polar surface area (TPSA) is 67.8 Å². The largest absolute Gasteiger partial charge is 0.493 e. The molecular weight excluding hydrogens is 487 g/mol. The molecule has 28 heavy (non-hydrogen) atoms. The van der Waals surface area contributed by atoms with E-state index in [0.29, 0.717) is 6.54 Å². The van der Waals surface area contributed by atoms with Crippen LogP contribution in [0.15, 0.2) is 29.4 Å². The fourth-order valence-electron chi connectivity index (χ4n) is 2.64. The number of thiazole rings is 1. The summed E-state index contributed by atoms with van der Waals surface area (Å²) in [6, 6.07) is 6.04. The number of methoxy groups -OCH3 is 2. The Bertz CT molecular complexity index is 777. The molecule has 2 rings (SSSR count). The fraction of sp³-hybridized carbons (Fsp3) is 0.500. The van der Waals surface area contributed by atoms with Crippen molar-refractivity contribution in [2.45, 2.75) is 39.2 Å². The Balaban J connectivity index is 0.00000392. The van der Waals surface area contributed by atoms with E-state index in [2.05, 4.69) is 47.4 Å². The zero-order valence-electron chi connectivity index (χ0n) is 17.5. The predicted octanol–water partition coefficient (Wildman–Crippen LogP) is 3.98. The van der Waals surface area contributed by atoms with E-state index in [1.54, 1.807) is 32.6 Å². The van der Waals surface area contributed by atoms with Gasteiger partial charge in [0, 0.05) is 30.1 Å². The van der Waals surface area contributed by atoms with Gasteiger partial charge in [-0.2, -0.15) is 0 Å². The molecule has 0 radical (unpaired) electrons. The van der Waals surface area contributed by atoms with Gasteiger partial charge in [-0.05, 0) is 24.1 Å². The van der Waals surface area contributed by atoms with Crippen molar-refractivity contribution in [2.75, 3.05) is 27.8 Å². The van der Waals surface area contributed by atoms with Gasteiger partial charge >= 0.3 is 0 Å². The molecule has 0 fully saturated rings. The van der Waals surface area contributed by atoms with Crippen molar-refractivity contribution in [2.24, 2.45) is 4.99 Å². The van der Waals surface area contributed by atoms with Crippen molar-refractivity contribution in [3.05, 3.63) is 39.8 Å². The van der Waals surface area contributed by atoms with Crippen LogP contribution in [0.3, 0.4) is 0 Å². The highest BCUT2D eigenvalue weighted by atomic mass is 127. The Morgan fingerprint density at radius 3 is 2.46 bits per heavy atom. The van der Waals surface area contributed by atoms with E-state index in [4.69, 9.17) is 9.47 Å². The number of halogens is 1. The lowest BCUT2D eigenvalue weighted by Crippen LogP contribution is -2.43. The van der Waals surface area contributed by atoms with E-state index < -0.39 is 0 Å². The molecule has 8 heteroatoms. The van der Waals surface area contributed by atoms with E-state index in [9.17, 15) is 0 Å². The van der Waals surface area contributed by atoms with E-state index in [-0.39, 0.29) is 29.4 Å². The van der Waals surface area contributed by atoms with Gasteiger partial charge in [0.1, 0.15) is 5.01 Å². The van der Waals surface area contributed by atoms with Gasteiger partial charge in [0.05, 0.1) is 20.8 Å². The third-order valence-electron chi connectivity index (χ3n) is 4.44. The van der Waals surface area contributed by atoms with Gasteiger partial charge < -0.3 is 20.1 Å². The number of aromatic nitrogens is 1. The fourth-order valence-corrected chi connectivity index (χ4v) is 3.44. The molecule has 1 aromatic heterocycles. The summed E-state index contributed by atoms with van der Waals surface area (Å²) in [7, 11) is 5.07. The maximum atomic E-state index is 5.43. The molecule has 6 nitrogen and oxygen atoms in total. The smallest absolute Gasteiger partial charge is 0.191 e. The zero-order valence-corrected chi connectivity index (χ0v) is 20.6. The SMILES string of the molecule is CCc1cnc(CNC(=NC)NCC(C)(C)c2ccc(OC)c(OC)c2)s1.I. The monoisotopic (exact) mass is 518 g/mol. The van der Waals surface area contributed by atoms with Crippen molar-refractivity contribution >= 4 is 41.3 Å². The standard InChI is InChI=1S/C20H30N4O2S.HI/c1-7-15-11-22-18(27-15)12-23-19(21-4)24-13-20(2,3)14-8-9-16(25-5)17(10-14)26-6;/h8-11H,7,12-13H2,1-6H3,(H2,21,23,24);1H. The number of nitrogens with zero attached hydrogens (tertiary/aromatic N) is 2. The molecule has 0 unspecified atom stereocenters. The van der Waals surface area contributed by atoms with Gasteiger partial charge in [-0.25, -0.2) is 4.98 Å². The van der Waals surface area contributed by atoms with Crippen LogP contribution in [-0.2, 0) is 18.4 Å². The minimum Gasteiger partial charge on any atom is -0.493 e. The number of aliphatic imine (C=N–C) groups is 1. The predicted molar refractivity (Wildman–Crippen MR) is 128 cm³/mol. The van der Waals surface area contributed by atoms with Gasteiger partial charge in [0.25, 0.3) is 0 Å². The van der Waals surface area contributed by atoms with Crippen molar-refractivity contribution in [3.8, 4) is 11.5 Å². The highest BCUT2D eigenvalue weighted by Gasteiger charge is 2.22. The van der Waals surface area contributed by atoms with Gasteiger partial charge in [-0.15, -0.1) is 35.3 Å². The molecule has 0 atom stereocenters. The normalized spacial score (nSPS) is 11.6. The lowest BCUT2D eigenvalue weighted by molar-refractivity contribution is 0.353. The number of hydrogen-bond donors (Lipinski definition) is 2. The molecule has 2 N–H and O–H groups in total. The summed E-state index contributed by atoms with van der Waals surface area (Å²) in [5.41, 5.74) is 1.05. The molecule has 156 valence electrons. The Morgan fingerprint density at radius 1 is 1.18 bits per heavy atom. The molecule has 0 aliphatic rings. The van der Waals surface area contributed by atoms with Crippen molar-refractivity contribution in [3.63, 3.8) is 0 Å². The average Bonchev–Trinajstić information content (AvgIpc) is 3.15. The van der Waals surface area contributed by atoms with Crippen LogP contribution in [0.5, 0.6) is 11.5 Å². The summed E-state index contributed by atoms with van der Waals surface area (Å²) in [6.07, 6.45) is 2.96. The molecule has 0 bridgehead atoms. The summed E-state index contributed by atoms with van der Waals surface area (Å²) in [5, 5.41) is 7.80. The Hall–Kier alpha value is -1.55. The summed E-state index contributed by atoms with van der Waals surface area (Å²) in [6.45, 7) is 7.90. The molecular formula is C20H31IN4O2S. The van der Waals surface area contributed by atoms with Gasteiger partial charge in [-0.1, -0.05) is 26.8 Å². The summed E-state index contributed by atoms with van der Waals surface area (Å²) < 4.78 is 10.8. The number of hydrogen-bond acceptors (Lipinski definition) is 5. The van der Waals surface area contributed by atoms with Crippen LogP contribution in [0.2, 0.25) is 0 Å². The Labute approximate surface area is 189 Å². The summed E-state index contributed by atoms with van der Waals surface area (Å²) >= 11 is 1.73. The molecule has 0 saturated carbocycles. The highest BCUT2D eigenvalue weighted by molar-refractivity contribution is 14.0. The molecule has 1 heterocycles. The second-order valence-electron chi connectivity index (χ2n) is 6.81. The molecule has 0 amide bonds. The first-order valence-electron chi connectivity index (χ1n) is 9.04. The maximum Gasteiger partial charge on any atom is 0.191 e. The molecule has 0 aliphatic heterocycles. The van der Waals surface area contributed by atoms with Crippen LogP contribution in [0.4, 0.5) is 0 Å². The van der Waals surface area contributed by atoms with Crippen molar-refractivity contribution in [1.82, 2.24) is 15.6 Å². The number of aryl methyl sites for hydroxylation is 1. The molecule has 0 saturated heterocycles. The molecule has 0 spiro atoms. The Kier molecular flexibility index (Phi) is 10.0. The number of benzene rings is 1. The van der Waals surface area contributed by atoms with Crippen LogP contribution in [-0.4, -0.2) is 38.8 Å². The maximum absolute atomic E-state index is 5.43. The summed E-state index contributed by atoms with van der Waals surface area (Å²) in [4.78, 5) is 10.0. The van der Waals surface area contributed by atoms with Gasteiger partial charge in [0.15, 0.2) is 17.5 Å². The first-order valence-corrected chi connectivity index (χ1v) is 9.85. The van der Waals surface area contributed by atoms with E-state index in [0.717, 1.165) is 41.0 Å². The van der Waals surface area contributed by atoms with Crippen molar-refractivity contribution < 1.29 is 9.47 Å². The minimum absolute atomic E-state index is 0. The number of rotatable bonds is 8. The van der Waals surface area contributed by atoms with E-state index >= 15 is 0 Å². The number of nitrogens with one attached hydrogen (secondary N) is 2. The molecule has 0 aliphatic carbocycles. The lowest BCUT2D eigenvalue weighted by Gasteiger charge is -2.27. The highest BCUT2D eigenvalue weighted by Crippen LogP contribution is 2.32. The molecule has 1 aromatic carbocycles. The van der Waals surface area contributed by atoms with Crippen LogP contribution < -0.4 is 20.1 Å². The molecule has 2 aromatic rings. The van der Waals surface area contributed by atoms with Gasteiger partial charge in [0.2, 0.25) is 0 Å². The number of guanidine groups is 1.